The van der Waals surface area contributed by atoms with Gasteiger partial charge in [0.2, 0.25) is 5.91 Å². The molecule has 0 unspecified atom stereocenters. The molecule has 1 fully saturated rings. The number of amides is 3. The van der Waals surface area contributed by atoms with Crippen LogP contribution >= 0.6 is 0 Å². The van der Waals surface area contributed by atoms with Gasteiger partial charge >= 0.3 is 6.03 Å². The molecule has 0 aromatic heterocycles. The Bertz CT molecular complexity index is 210. The lowest BCUT2D eigenvalue weighted by Crippen LogP contribution is -2.56. The molecule has 4 heteroatoms. The van der Waals surface area contributed by atoms with Crippen molar-refractivity contribution < 1.29 is 9.59 Å². The van der Waals surface area contributed by atoms with Crippen LogP contribution in [-0.4, -0.2) is 30.4 Å². The number of rotatable bonds is 0. The first kappa shape index (κ1) is 8.04. The van der Waals surface area contributed by atoms with Gasteiger partial charge in [-0.1, -0.05) is 0 Å². The van der Waals surface area contributed by atoms with Gasteiger partial charge < -0.3 is 5.32 Å². The maximum Gasteiger partial charge on any atom is 0.323 e. The van der Waals surface area contributed by atoms with Crippen LogP contribution in [0.1, 0.15) is 13.8 Å². The zero-order valence-electron chi connectivity index (χ0n) is 6.97. The smallest absolute Gasteiger partial charge is 0.323 e. The number of imide groups is 1. The summed E-state index contributed by atoms with van der Waals surface area (Å²) in [6.07, 6.45) is 0. The average molecular weight is 156 g/mol. The van der Waals surface area contributed by atoms with Crippen LogP contribution in [0.5, 0.6) is 0 Å². The van der Waals surface area contributed by atoms with Gasteiger partial charge in [0.05, 0.1) is 5.41 Å². The minimum absolute atomic E-state index is 0.124. The monoisotopic (exact) mass is 156 g/mol. The van der Waals surface area contributed by atoms with E-state index >= 15 is 0 Å². The van der Waals surface area contributed by atoms with Crippen molar-refractivity contribution in [3.8, 4) is 0 Å². The van der Waals surface area contributed by atoms with E-state index in [-0.39, 0.29) is 11.9 Å². The van der Waals surface area contributed by atoms with E-state index in [0.717, 1.165) is 4.90 Å². The highest BCUT2D eigenvalue weighted by molar-refractivity contribution is 5.99. The van der Waals surface area contributed by atoms with Crippen LogP contribution in [0.2, 0.25) is 0 Å². The maximum atomic E-state index is 11.3. The number of carbonyl (C=O) groups excluding carboxylic acids is 2. The molecule has 11 heavy (non-hydrogen) atoms. The molecule has 1 aliphatic rings. The molecule has 1 aliphatic heterocycles. The largest absolute Gasteiger partial charge is 0.337 e. The Morgan fingerprint density at radius 2 is 2.00 bits per heavy atom. The molecule has 0 saturated carbocycles. The fourth-order valence-corrected chi connectivity index (χ4v) is 1.04. The van der Waals surface area contributed by atoms with Crippen molar-refractivity contribution >= 4 is 11.9 Å². The zero-order chi connectivity index (χ0) is 8.65. The lowest BCUT2D eigenvalue weighted by molar-refractivity contribution is -0.137. The molecule has 3 amide bonds. The van der Waals surface area contributed by atoms with Crippen molar-refractivity contribution in [2.75, 3.05) is 13.6 Å². The molecule has 1 saturated heterocycles. The molecule has 0 spiro atoms. The molecule has 0 aromatic carbocycles. The highest BCUT2D eigenvalue weighted by Gasteiger charge is 2.37. The van der Waals surface area contributed by atoms with E-state index in [1.807, 2.05) is 13.8 Å². The summed E-state index contributed by atoms with van der Waals surface area (Å²) in [5.41, 5.74) is -0.456. The Kier molecular flexibility index (Phi) is 1.62. The van der Waals surface area contributed by atoms with Gasteiger partial charge in [0.15, 0.2) is 0 Å². The fraction of sp³-hybridized carbons (Fsp3) is 0.714. The Hall–Kier alpha value is -1.06. The van der Waals surface area contributed by atoms with Crippen LogP contribution in [0.15, 0.2) is 0 Å². The van der Waals surface area contributed by atoms with Crippen molar-refractivity contribution in [3.05, 3.63) is 0 Å². The summed E-state index contributed by atoms with van der Waals surface area (Å²) in [5.74, 6) is -0.124. The normalized spacial score (nSPS) is 23.4. The predicted molar refractivity (Wildman–Crippen MR) is 39.9 cm³/mol. The molecule has 1 rings (SSSR count). The molecule has 0 radical (unpaired) electrons. The second kappa shape index (κ2) is 2.22. The predicted octanol–water partition coefficient (Wildman–Crippen LogP) is 0.194. The van der Waals surface area contributed by atoms with Crippen molar-refractivity contribution in [2.45, 2.75) is 13.8 Å². The summed E-state index contributed by atoms with van der Waals surface area (Å²) in [7, 11) is 1.48. The summed E-state index contributed by atoms with van der Waals surface area (Å²) < 4.78 is 0. The van der Waals surface area contributed by atoms with Crippen LogP contribution in [0.3, 0.4) is 0 Å². The van der Waals surface area contributed by atoms with Crippen molar-refractivity contribution in [1.29, 1.82) is 0 Å². The van der Waals surface area contributed by atoms with Crippen molar-refractivity contribution in [1.82, 2.24) is 10.2 Å². The first-order chi connectivity index (χ1) is 4.95. The summed E-state index contributed by atoms with van der Waals surface area (Å²) in [4.78, 5) is 23.3. The van der Waals surface area contributed by atoms with Crippen molar-refractivity contribution in [2.24, 2.45) is 5.41 Å². The van der Waals surface area contributed by atoms with Crippen LogP contribution in [0, 0.1) is 5.41 Å². The number of nitrogens with zero attached hydrogens (tertiary/aromatic N) is 1. The topological polar surface area (TPSA) is 49.4 Å². The van der Waals surface area contributed by atoms with E-state index in [0.29, 0.717) is 6.54 Å². The molecule has 0 bridgehead atoms. The highest BCUT2D eigenvalue weighted by atomic mass is 16.2. The number of urea groups is 1. The number of nitrogens with one attached hydrogen (secondary N) is 1. The Balaban J connectivity index is 2.84. The SMILES string of the molecule is CN1C(=O)NCC(C)(C)C1=O. The van der Waals surface area contributed by atoms with E-state index in [9.17, 15) is 9.59 Å². The lowest BCUT2D eigenvalue weighted by Gasteiger charge is -2.33. The Morgan fingerprint density at radius 1 is 1.45 bits per heavy atom. The molecule has 0 aromatic rings. The summed E-state index contributed by atoms with van der Waals surface area (Å²) >= 11 is 0. The number of hydrogen-bond donors (Lipinski definition) is 1. The summed E-state index contributed by atoms with van der Waals surface area (Å²) in [5, 5.41) is 2.62. The minimum atomic E-state index is -0.456. The van der Waals surface area contributed by atoms with Gasteiger partial charge in [0, 0.05) is 13.6 Å². The molecule has 4 nitrogen and oxygen atoms in total. The van der Waals surface area contributed by atoms with Crippen LogP contribution in [-0.2, 0) is 4.79 Å². The van der Waals surface area contributed by atoms with Gasteiger partial charge in [-0.2, -0.15) is 0 Å². The van der Waals surface area contributed by atoms with Crippen LogP contribution in [0.25, 0.3) is 0 Å². The van der Waals surface area contributed by atoms with Gasteiger partial charge in [0.1, 0.15) is 0 Å². The molecular formula is C7H12N2O2. The number of hydrogen-bond acceptors (Lipinski definition) is 2. The lowest BCUT2D eigenvalue weighted by atomic mass is 9.90. The van der Waals surface area contributed by atoms with Gasteiger partial charge in [-0.3, -0.25) is 9.69 Å². The Morgan fingerprint density at radius 3 is 2.45 bits per heavy atom. The zero-order valence-corrected chi connectivity index (χ0v) is 6.97. The quantitative estimate of drug-likeness (QED) is 0.544. The van der Waals surface area contributed by atoms with E-state index < -0.39 is 5.41 Å². The first-order valence-corrected chi connectivity index (χ1v) is 3.51. The van der Waals surface area contributed by atoms with Gasteiger partial charge in [-0.15, -0.1) is 0 Å². The third kappa shape index (κ3) is 1.20. The molecule has 1 heterocycles. The highest BCUT2D eigenvalue weighted by Crippen LogP contribution is 2.20. The van der Waals surface area contributed by atoms with E-state index in [4.69, 9.17) is 0 Å². The molecular weight excluding hydrogens is 144 g/mol. The fourth-order valence-electron chi connectivity index (χ4n) is 1.04. The van der Waals surface area contributed by atoms with E-state index in [2.05, 4.69) is 5.32 Å². The third-order valence-electron chi connectivity index (χ3n) is 1.87. The summed E-state index contributed by atoms with van der Waals surface area (Å²) in [6.45, 7) is 4.05. The first-order valence-electron chi connectivity index (χ1n) is 3.51. The van der Waals surface area contributed by atoms with Gasteiger partial charge in [0.25, 0.3) is 0 Å². The average Bonchev–Trinajstić information content (AvgIpc) is 1.95. The third-order valence-corrected chi connectivity index (χ3v) is 1.87. The summed E-state index contributed by atoms with van der Waals surface area (Å²) in [6, 6.07) is -0.311. The van der Waals surface area contributed by atoms with Gasteiger partial charge in [-0.05, 0) is 13.8 Å². The number of carbonyl (C=O) groups is 2. The van der Waals surface area contributed by atoms with E-state index in [1.165, 1.54) is 7.05 Å². The molecule has 62 valence electrons. The standard InChI is InChI=1S/C7H12N2O2/c1-7(2)4-8-6(11)9(3)5(7)10/h4H2,1-3H3,(H,8,11). The molecule has 1 N–H and O–H groups in total. The maximum absolute atomic E-state index is 11.3. The van der Waals surface area contributed by atoms with E-state index in [1.54, 1.807) is 0 Å². The van der Waals surface area contributed by atoms with Crippen LogP contribution < -0.4 is 5.32 Å². The second-order valence-electron chi connectivity index (χ2n) is 3.41. The Labute approximate surface area is 65.6 Å². The van der Waals surface area contributed by atoms with Crippen LogP contribution in [0.4, 0.5) is 4.79 Å². The molecule has 0 aliphatic carbocycles. The second-order valence-corrected chi connectivity index (χ2v) is 3.41. The minimum Gasteiger partial charge on any atom is -0.337 e. The molecule has 0 atom stereocenters. The van der Waals surface area contributed by atoms with Crippen molar-refractivity contribution in [3.63, 3.8) is 0 Å². The van der Waals surface area contributed by atoms with Gasteiger partial charge in [-0.25, -0.2) is 4.79 Å².